The molecule has 0 rings (SSSR count). The van der Waals surface area contributed by atoms with Gasteiger partial charge in [0.1, 0.15) is 0 Å². The summed E-state index contributed by atoms with van der Waals surface area (Å²) < 4.78 is 11.1. The molecule has 0 spiro atoms. The molecule has 0 aliphatic heterocycles. The van der Waals surface area contributed by atoms with Crippen molar-refractivity contribution in [2.24, 2.45) is 11.1 Å². The highest BCUT2D eigenvalue weighted by atomic mass is 28.4. The topological polar surface area (TPSA) is 64.7 Å². The average Bonchev–Trinajstić information content (AvgIpc) is 2.27. The quantitative estimate of drug-likeness (QED) is 0.640. The molecule has 0 aromatic rings. The molecular formula is C11H27NO3Si. The Bertz CT molecular complexity index is 196. The van der Waals surface area contributed by atoms with E-state index in [-0.39, 0.29) is 17.6 Å². The van der Waals surface area contributed by atoms with Gasteiger partial charge in [0.05, 0.1) is 0 Å². The Morgan fingerprint density at radius 2 is 1.81 bits per heavy atom. The van der Waals surface area contributed by atoms with Crippen molar-refractivity contribution in [3.63, 3.8) is 0 Å². The monoisotopic (exact) mass is 249 g/mol. The maximum atomic E-state index is 9.14. The summed E-state index contributed by atoms with van der Waals surface area (Å²) in [5.74, 6) is 0. The molecule has 0 aromatic carbocycles. The molecule has 1 atom stereocenters. The fourth-order valence-electron chi connectivity index (χ4n) is 1.87. The fourth-order valence-corrected chi connectivity index (χ4v) is 4.28. The Morgan fingerprint density at radius 1 is 1.31 bits per heavy atom. The Morgan fingerprint density at radius 3 is 2.12 bits per heavy atom. The summed E-state index contributed by atoms with van der Waals surface area (Å²) in [4.78, 5) is 0. The second-order valence-electron chi connectivity index (χ2n) is 5.21. The van der Waals surface area contributed by atoms with Crippen LogP contribution in [0.4, 0.5) is 0 Å². The third-order valence-corrected chi connectivity index (χ3v) is 6.98. The standard InChI is InChI=1S/C11H27NO3Si/c1-11(2,9-12)8-10(6-7-13)16(5,14-3)15-4/h10,13H,6-9,12H2,1-5H3. The van der Waals surface area contributed by atoms with Crippen molar-refractivity contribution in [3.8, 4) is 0 Å². The molecule has 0 bridgehead atoms. The molecule has 4 nitrogen and oxygen atoms in total. The summed E-state index contributed by atoms with van der Waals surface area (Å²) >= 11 is 0. The molecule has 0 aliphatic rings. The van der Waals surface area contributed by atoms with E-state index in [1.165, 1.54) is 0 Å². The number of hydrogen-bond acceptors (Lipinski definition) is 4. The largest absolute Gasteiger partial charge is 0.398 e. The summed E-state index contributed by atoms with van der Waals surface area (Å²) in [7, 11) is 1.19. The van der Waals surface area contributed by atoms with Crippen LogP contribution in [0.5, 0.6) is 0 Å². The maximum Gasteiger partial charge on any atom is 0.337 e. The van der Waals surface area contributed by atoms with Crippen molar-refractivity contribution in [2.75, 3.05) is 27.4 Å². The first-order valence-corrected chi connectivity index (χ1v) is 8.16. The van der Waals surface area contributed by atoms with Crippen LogP contribution < -0.4 is 5.73 Å². The van der Waals surface area contributed by atoms with Crippen LogP contribution in [0.2, 0.25) is 12.1 Å². The number of aliphatic hydroxyl groups excluding tert-OH is 1. The average molecular weight is 249 g/mol. The van der Waals surface area contributed by atoms with Gasteiger partial charge in [0.25, 0.3) is 0 Å². The zero-order valence-electron chi connectivity index (χ0n) is 11.2. The first kappa shape index (κ1) is 16.1. The van der Waals surface area contributed by atoms with Crippen LogP contribution in [0.15, 0.2) is 0 Å². The molecule has 98 valence electrons. The number of hydrogen-bond donors (Lipinski definition) is 2. The van der Waals surface area contributed by atoms with Gasteiger partial charge in [-0.25, -0.2) is 0 Å². The maximum absolute atomic E-state index is 9.14. The summed E-state index contributed by atoms with van der Waals surface area (Å²) in [5.41, 5.74) is 6.08. The van der Waals surface area contributed by atoms with Crippen LogP contribution in [-0.2, 0) is 8.85 Å². The smallest absolute Gasteiger partial charge is 0.337 e. The lowest BCUT2D eigenvalue weighted by Gasteiger charge is -2.36. The molecule has 0 aliphatic carbocycles. The van der Waals surface area contributed by atoms with Gasteiger partial charge in [-0.3, -0.25) is 0 Å². The lowest BCUT2D eigenvalue weighted by molar-refractivity contribution is 0.196. The molecule has 1 unspecified atom stereocenters. The van der Waals surface area contributed by atoms with E-state index in [0.717, 1.165) is 6.42 Å². The highest BCUT2D eigenvalue weighted by Crippen LogP contribution is 2.37. The summed E-state index contributed by atoms with van der Waals surface area (Å²) in [5, 5.41) is 9.14. The minimum absolute atomic E-state index is 0.0607. The molecule has 5 heteroatoms. The summed E-state index contributed by atoms with van der Waals surface area (Å²) in [6, 6.07) is 0. The summed E-state index contributed by atoms with van der Waals surface area (Å²) in [6.45, 7) is 7.11. The van der Waals surface area contributed by atoms with Crippen LogP contribution >= 0.6 is 0 Å². The molecule has 0 fully saturated rings. The molecule has 0 saturated carbocycles. The van der Waals surface area contributed by atoms with Gasteiger partial charge in [-0.15, -0.1) is 0 Å². The van der Waals surface area contributed by atoms with Gasteiger partial charge in [-0.1, -0.05) is 13.8 Å². The van der Waals surface area contributed by atoms with Crippen LogP contribution in [0.25, 0.3) is 0 Å². The third-order valence-electron chi connectivity index (χ3n) is 3.38. The lowest BCUT2D eigenvalue weighted by atomic mass is 9.87. The molecule has 3 N–H and O–H groups in total. The van der Waals surface area contributed by atoms with Crippen LogP contribution in [0, 0.1) is 5.41 Å². The highest BCUT2D eigenvalue weighted by Gasteiger charge is 2.41. The molecule has 0 amide bonds. The zero-order chi connectivity index (χ0) is 12.8. The third kappa shape index (κ3) is 4.51. The molecular weight excluding hydrogens is 222 g/mol. The van der Waals surface area contributed by atoms with Gasteiger partial charge in [0, 0.05) is 26.4 Å². The van der Waals surface area contributed by atoms with Crippen molar-refractivity contribution < 1.29 is 14.0 Å². The Balaban J connectivity index is 4.72. The molecule has 0 aromatic heterocycles. The Labute approximate surface area is 100 Å². The lowest BCUT2D eigenvalue weighted by Crippen LogP contribution is -2.44. The minimum atomic E-state index is -2.19. The van der Waals surface area contributed by atoms with E-state index in [9.17, 15) is 0 Å². The zero-order valence-corrected chi connectivity index (χ0v) is 12.2. The van der Waals surface area contributed by atoms with Crippen molar-refractivity contribution in [3.05, 3.63) is 0 Å². The molecule has 0 saturated heterocycles. The summed E-state index contributed by atoms with van der Waals surface area (Å²) in [6.07, 6.45) is 1.64. The first-order chi connectivity index (χ1) is 7.35. The van der Waals surface area contributed by atoms with Crippen LogP contribution in [-0.4, -0.2) is 41.0 Å². The fraction of sp³-hybridized carbons (Fsp3) is 1.00. The minimum Gasteiger partial charge on any atom is -0.398 e. The number of aliphatic hydroxyl groups is 1. The van der Waals surface area contributed by atoms with E-state index >= 15 is 0 Å². The van der Waals surface area contributed by atoms with Gasteiger partial charge >= 0.3 is 8.56 Å². The van der Waals surface area contributed by atoms with Gasteiger partial charge in [-0.2, -0.15) is 0 Å². The van der Waals surface area contributed by atoms with Gasteiger partial charge < -0.3 is 19.7 Å². The van der Waals surface area contributed by atoms with E-state index in [2.05, 4.69) is 13.8 Å². The van der Waals surface area contributed by atoms with Crippen LogP contribution in [0.1, 0.15) is 26.7 Å². The highest BCUT2D eigenvalue weighted by molar-refractivity contribution is 6.67. The van der Waals surface area contributed by atoms with Crippen molar-refractivity contribution in [1.82, 2.24) is 0 Å². The van der Waals surface area contributed by atoms with E-state index in [4.69, 9.17) is 19.7 Å². The van der Waals surface area contributed by atoms with E-state index in [1.807, 2.05) is 6.55 Å². The van der Waals surface area contributed by atoms with E-state index in [0.29, 0.717) is 13.0 Å². The van der Waals surface area contributed by atoms with Gasteiger partial charge in [-0.05, 0) is 31.3 Å². The first-order valence-electron chi connectivity index (χ1n) is 5.76. The van der Waals surface area contributed by atoms with Crippen molar-refractivity contribution >= 4 is 8.56 Å². The van der Waals surface area contributed by atoms with Crippen LogP contribution in [0.3, 0.4) is 0 Å². The Kier molecular flexibility index (Phi) is 6.73. The van der Waals surface area contributed by atoms with Crippen molar-refractivity contribution in [2.45, 2.75) is 38.8 Å². The van der Waals surface area contributed by atoms with Crippen molar-refractivity contribution in [1.29, 1.82) is 0 Å². The van der Waals surface area contributed by atoms with E-state index in [1.54, 1.807) is 14.2 Å². The second kappa shape index (κ2) is 6.71. The Hall–Kier alpha value is 0.0569. The number of nitrogens with two attached hydrogens (primary N) is 1. The number of rotatable bonds is 8. The second-order valence-corrected chi connectivity index (χ2v) is 8.87. The van der Waals surface area contributed by atoms with E-state index < -0.39 is 8.56 Å². The SMILES string of the molecule is CO[Si](C)(OC)C(CCO)CC(C)(C)CN. The molecule has 0 heterocycles. The molecule has 16 heavy (non-hydrogen) atoms. The predicted molar refractivity (Wildman–Crippen MR) is 68.5 cm³/mol. The van der Waals surface area contributed by atoms with Gasteiger partial charge in [0.2, 0.25) is 0 Å². The molecule has 0 radical (unpaired) electrons. The van der Waals surface area contributed by atoms with Gasteiger partial charge in [0.15, 0.2) is 0 Å². The predicted octanol–water partition coefficient (Wildman–Crippen LogP) is 1.48. The normalized spacial score (nSPS) is 15.2.